The molecule has 0 bridgehead atoms. The van der Waals surface area contributed by atoms with Crippen LogP contribution in [0.5, 0.6) is 0 Å². The molecule has 1 fully saturated rings. The van der Waals surface area contributed by atoms with Crippen molar-refractivity contribution in [2.45, 2.75) is 46.7 Å². The first-order valence-corrected chi connectivity index (χ1v) is 10.1. The van der Waals surface area contributed by atoms with Gasteiger partial charge in [-0.1, -0.05) is 44.2 Å². The van der Waals surface area contributed by atoms with Gasteiger partial charge in [0, 0.05) is 19.0 Å². The smallest absolute Gasteiger partial charge is 0.242 e. The molecule has 0 radical (unpaired) electrons. The van der Waals surface area contributed by atoms with Crippen molar-refractivity contribution in [2.75, 3.05) is 13.1 Å². The van der Waals surface area contributed by atoms with Gasteiger partial charge in [0.05, 0.1) is 13.1 Å². The molecule has 0 unspecified atom stereocenters. The molecule has 28 heavy (non-hydrogen) atoms. The summed E-state index contributed by atoms with van der Waals surface area (Å²) in [6.07, 6.45) is 1.89. The van der Waals surface area contributed by atoms with Crippen LogP contribution in [0.15, 0.2) is 46.9 Å². The van der Waals surface area contributed by atoms with E-state index in [9.17, 15) is 9.59 Å². The second kappa shape index (κ2) is 9.09. The number of furan rings is 1. The zero-order chi connectivity index (χ0) is 20.1. The van der Waals surface area contributed by atoms with Gasteiger partial charge < -0.3 is 14.2 Å². The van der Waals surface area contributed by atoms with Gasteiger partial charge in [-0.2, -0.15) is 0 Å². The molecule has 0 N–H and O–H groups in total. The molecule has 5 heteroatoms. The zero-order valence-corrected chi connectivity index (χ0v) is 17.1. The highest BCUT2D eigenvalue weighted by Gasteiger charge is 2.35. The lowest BCUT2D eigenvalue weighted by atomic mass is 10.1. The van der Waals surface area contributed by atoms with Crippen molar-refractivity contribution in [1.82, 2.24) is 9.80 Å². The van der Waals surface area contributed by atoms with Crippen molar-refractivity contribution in [3.05, 3.63) is 59.5 Å². The molecular formula is C23H30N2O3. The third kappa shape index (κ3) is 5.72. The van der Waals surface area contributed by atoms with E-state index in [1.54, 1.807) is 9.80 Å². The van der Waals surface area contributed by atoms with E-state index in [-0.39, 0.29) is 24.3 Å². The Kier molecular flexibility index (Phi) is 6.55. The van der Waals surface area contributed by atoms with E-state index in [2.05, 4.69) is 13.8 Å². The van der Waals surface area contributed by atoms with E-state index in [0.717, 1.165) is 29.9 Å². The van der Waals surface area contributed by atoms with Gasteiger partial charge in [0.1, 0.15) is 11.5 Å². The summed E-state index contributed by atoms with van der Waals surface area (Å²) in [6, 6.07) is 13.7. The third-order valence-corrected chi connectivity index (χ3v) is 4.86. The fourth-order valence-electron chi connectivity index (χ4n) is 3.32. The van der Waals surface area contributed by atoms with Crippen molar-refractivity contribution < 1.29 is 14.0 Å². The molecule has 3 rings (SSSR count). The minimum absolute atomic E-state index is 0.0486. The Hall–Kier alpha value is -2.56. The fraction of sp³-hybridized carbons (Fsp3) is 0.478. The average Bonchev–Trinajstić information content (AvgIpc) is 3.43. The summed E-state index contributed by atoms with van der Waals surface area (Å²) < 4.78 is 5.69. The summed E-state index contributed by atoms with van der Waals surface area (Å²) in [5, 5.41) is 0. The highest BCUT2D eigenvalue weighted by Crippen LogP contribution is 2.31. The van der Waals surface area contributed by atoms with E-state index in [1.807, 2.05) is 49.4 Å². The van der Waals surface area contributed by atoms with Crippen LogP contribution >= 0.6 is 0 Å². The van der Waals surface area contributed by atoms with Crippen LogP contribution in [0.3, 0.4) is 0 Å². The third-order valence-electron chi connectivity index (χ3n) is 4.86. The van der Waals surface area contributed by atoms with Crippen molar-refractivity contribution in [2.24, 2.45) is 11.8 Å². The van der Waals surface area contributed by atoms with Crippen LogP contribution < -0.4 is 0 Å². The largest absolute Gasteiger partial charge is 0.464 e. The minimum Gasteiger partial charge on any atom is -0.464 e. The fourth-order valence-corrected chi connectivity index (χ4v) is 3.32. The maximum atomic E-state index is 13.2. The first-order valence-electron chi connectivity index (χ1n) is 10.1. The summed E-state index contributed by atoms with van der Waals surface area (Å²) in [7, 11) is 0. The minimum atomic E-state index is -0.0486. The molecule has 1 aliphatic rings. The maximum Gasteiger partial charge on any atom is 0.242 e. The Balaban J connectivity index is 1.74. The van der Waals surface area contributed by atoms with Crippen molar-refractivity contribution in [3.63, 3.8) is 0 Å². The zero-order valence-electron chi connectivity index (χ0n) is 17.1. The number of hydrogen-bond acceptors (Lipinski definition) is 3. The molecule has 0 saturated heterocycles. The monoisotopic (exact) mass is 382 g/mol. The van der Waals surface area contributed by atoms with Gasteiger partial charge >= 0.3 is 0 Å². The lowest BCUT2D eigenvalue weighted by Crippen LogP contribution is -2.44. The van der Waals surface area contributed by atoms with Crippen molar-refractivity contribution in [1.29, 1.82) is 0 Å². The number of hydrogen-bond donors (Lipinski definition) is 0. The number of carbonyl (C=O) groups excluding carboxylic acids is 2. The Morgan fingerprint density at radius 1 is 1.04 bits per heavy atom. The van der Waals surface area contributed by atoms with Crippen LogP contribution in [0, 0.1) is 18.8 Å². The van der Waals surface area contributed by atoms with Crippen LogP contribution in [0.2, 0.25) is 0 Å². The first kappa shape index (κ1) is 20.2. The Morgan fingerprint density at radius 2 is 1.75 bits per heavy atom. The number of nitrogens with zero attached hydrogens (tertiary/aromatic N) is 2. The lowest BCUT2D eigenvalue weighted by molar-refractivity contribution is -0.142. The molecule has 0 spiro atoms. The quantitative estimate of drug-likeness (QED) is 0.658. The van der Waals surface area contributed by atoms with Crippen LogP contribution in [0.25, 0.3) is 0 Å². The normalized spacial score (nSPS) is 13.6. The standard InChI is InChI=1S/C23H30N2O3/c1-17(2)13-25(23(27)20-10-11-20)16-22(26)24(14-19-7-5-4-6-8-19)15-21-12-9-18(3)28-21/h4-9,12,17,20H,10-11,13-16H2,1-3H3. The lowest BCUT2D eigenvalue weighted by Gasteiger charge is -2.28. The molecule has 2 aromatic rings. The van der Waals surface area contributed by atoms with Gasteiger partial charge in [0.2, 0.25) is 11.8 Å². The van der Waals surface area contributed by atoms with Crippen LogP contribution in [-0.2, 0) is 22.7 Å². The van der Waals surface area contributed by atoms with Gasteiger partial charge in [-0.25, -0.2) is 0 Å². The summed E-state index contributed by atoms with van der Waals surface area (Å²) >= 11 is 0. The number of rotatable bonds is 9. The second-order valence-electron chi connectivity index (χ2n) is 8.13. The predicted octanol–water partition coefficient (Wildman–Crippen LogP) is 4.01. The molecule has 150 valence electrons. The molecule has 0 atom stereocenters. The predicted molar refractivity (Wildman–Crippen MR) is 108 cm³/mol. The van der Waals surface area contributed by atoms with Gasteiger partial charge in [-0.05, 0) is 43.4 Å². The molecule has 1 heterocycles. The molecule has 1 aromatic carbocycles. The average molecular weight is 383 g/mol. The molecule has 5 nitrogen and oxygen atoms in total. The van der Waals surface area contributed by atoms with E-state index in [4.69, 9.17) is 4.42 Å². The Bertz CT molecular complexity index is 793. The number of benzene rings is 1. The van der Waals surface area contributed by atoms with Crippen molar-refractivity contribution in [3.8, 4) is 0 Å². The number of amides is 2. The van der Waals surface area contributed by atoms with Gasteiger partial charge in [0.25, 0.3) is 0 Å². The van der Waals surface area contributed by atoms with Gasteiger partial charge in [-0.15, -0.1) is 0 Å². The summed E-state index contributed by atoms with van der Waals surface area (Å²) in [5.74, 6) is 2.09. The molecule has 2 amide bonds. The van der Waals surface area contributed by atoms with E-state index in [0.29, 0.717) is 25.6 Å². The van der Waals surface area contributed by atoms with Crippen LogP contribution in [-0.4, -0.2) is 34.7 Å². The van der Waals surface area contributed by atoms with E-state index in [1.165, 1.54) is 0 Å². The first-order chi connectivity index (χ1) is 13.4. The van der Waals surface area contributed by atoms with Crippen LogP contribution in [0.4, 0.5) is 0 Å². The maximum absolute atomic E-state index is 13.2. The number of aryl methyl sites for hydroxylation is 1. The van der Waals surface area contributed by atoms with Crippen LogP contribution in [0.1, 0.15) is 43.8 Å². The molecule has 1 aromatic heterocycles. The summed E-state index contributed by atoms with van der Waals surface area (Å²) in [5.41, 5.74) is 1.06. The molecule has 0 aliphatic heterocycles. The SMILES string of the molecule is Cc1ccc(CN(Cc2ccccc2)C(=O)CN(CC(C)C)C(=O)C2CC2)o1. The molecule has 1 aliphatic carbocycles. The topological polar surface area (TPSA) is 53.8 Å². The number of carbonyl (C=O) groups is 2. The van der Waals surface area contributed by atoms with Crippen molar-refractivity contribution >= 4 is 11.8 Å². The molecular weight excluding hydrogens is 352 g/mol. The van der Waals surface area contributed by atoms with Gasteiger partial charge in [0.15, 0.2) is 0 Å². The highest BCUT2D eigenvalue weighted by molar-refractivity contribution is 5.87. The Labute approximate surface area is 167 Å². The molecule has 1 saturated carbocycles. The highest BCUT2D eigenvalue weighted by atomic mass is 16.3. The summed E-state index contributed by atoms with van der Waals surface area (Å²) in [4.78, 5) is 29.4. The second-order valence-corrected chi connectivity index (χ2v) is 8.13. The summed E-state index contributed by atoms with van der Waals surface area (Å²) in [6.45, 7) is 7.67. The van der Waals surface area contributed by atoms with E-state index >= 15 is 0 Å². The van der Waals surface area contributed by atoms with Gasteiger partial charge in [-0.3, -0.25) is 9.59 Å². The Morgan fingerprint density at radius 3 is 2.32 bits per heavy atom. The van der Waals surface area contributed by atoms with E-state index < -0.39 is 0 Å².